The van der Waals surface area contributed by atoms with Crippen molar-refractivity contribution in [1.82, 2.24) is 0 Å². The summed E-state index contributed by atoms with van der Waals surface area (Å²) < 4.78 is 0. The summed E-state index contributed by atoms with van der Waals surface area (Å²) in [7, 11) is 2.20. The summed E-state index contributed by atoms with van der Waals surface area (Å²) in [4.78, 5) is 2.42. The van der Waals surface area contributed by atoms with Gasteiger partial charge in [0.2, 0.25) is 0 Å². The number of nitrogens with zero attached hydrogens (tertiary/aromatic N) is 1. The van der Waals surface area contributed by atoms with Gasteiger partial charge in [0, 0.05) is 19.3 Å². The van der Waals surface area contributed by atoms with Gasteiger partial charge in [0.05, 0.1) is 5.54 Å². The van der Waals surface area contributed by atoms with Gasteiger partial charge >= 0.3 is 0 Å². The summed E-state index contributed by atoms with van der Waals surface area (Å²) in [6.45, 7) is 5.46. The maximum Gasteiger partial charge on any atom is 0.0526 e. The fraction of sp³-hybridized carbons (Fsp3) is 0.625. The third-order valence-corrected chi connectivity index (χ3v) is 4.50. The first-order chi connectivity index (χ1) is 8.57. The largest absolute Gasteiger partial charge is 0.368 e. The van der Waals surface area contributed by atoms with Gasteiger partial charge in [-0.15, -0.1) is 0 Å². The van der Waals surface area contributed by atoms with Crippen molar-refractivity contribution < 1.29 is 0 Å². The lowest BCUT2D eigenvalue weighted by Crippen LogP contribution is -2.56. The van der Waals surface area contributed by atoms with Gasteiger partial charge in [0.25, 0.3) is 0 Å². The van der Waals surface area contributed by atoms with Gasteiger partial charge in [-0.1, -0.05) is 32.0 Å². The molecule has 1 aromatic carbocycles. The van der Waals surface area contributed by atoms with E-state index < -0.39 is 0 Å². The van der Waals surface area contributed by atoms with Crippen molar-refractivity contribution in [2.45, 2.75) is 38.6 Å². The summed E-state index contributed by atoms with van der Waals surface area (Å²) in [5, 5.41) is 0. The number of hydrogen-bond donors (Lipinski definition) is 1. The van der Waals surface area contributed by atoms with Crippen LogP contribution in [0.15, 0.2) is 30.3 Å². The number of rotatable bonds is 3. The van der Waals surface area contributed by atoms with Crippen molar-refractivity contribution in [2.75, 3.05) is 18.5 Å². The summed E-state index contributed by atoms with van der Waals surface area (Å²) in [5.74, 6) is 1.53. The van der Waals surface area contributed by atoms with E-state index in [2.05, 4.69) is 56.1 Å². The molecule has 2 nitrogen and oxygen atoms in total. The van der Waals surface area contributed by atoms with Crippen molar-refractivity contribution >= 4 is 5.69 Å². The zero-order valence-electron chi connectivity index (χ0n) is 11.9. The predicted octanol–water partition coefficient (Wildman–Crippen LogP) is 3.28. The van der Waals surface area contributed by atoms with E-state index in [9.17, 15) is 0 Å². The average molecular weight is 246 g/mol. The Bertz CT molecular complexity index is 364. The smallest absolute Gasteiger partial charge is 0.0526 e. The van der Waals surface area contributed by atoms with Crippen LogP contribution in [0, 0.1) is 11.8 Å². The van der Waals surface area contributed by atoms with Crippen molar-refractivity contribution in [2.24, 2.45) is 17.6 Å². The van der Waals surface area contributed by atoms with E-state index >= 15 is 0 Å². The molecule has 0 bridgehead atoms. The van der Waals surface area contributed by atoms with Crippen LogP contribution >= 0.6 is 0 Å². The van der Waals surface area contributed by atoms with Gasteiger partial charge in [0.1, 0.15) is 0 Å². The molecule has 1 saturated carbocycles. The van der Waals surface area contributed by atoms with Crippen molar-refractivity contribution in [3.63, 3.8) is 0 Å². The van der Waals surface area contributed by atoms with Gasteiger partial charge in [0.15, 0.2) is 0 Å². The Morgan fingerprint density at radius 2 is 1.72 bits per heavy atom. The zero-order valence-corrected chi connectivity index (χ0v) is 11.9. The fourth-order valence-electron chi connectivity index (χ4n) is 3.74. The lowest BCUT2D eigenvalue weighted by Gasteiger charge is -2.49. The first kappa shape index (κ1) is 13.4. The second-order valence-electron chi connectivity index (χ2n) is 6.18. The SMILES string of the molecule is CC1CC(C)CC(CN)(N(C)c2ccccc2)C1. The molecular weight excluding hydrogens is 220 g/mol. The van der Waals surface area contributed by atoms with Crippen LogP contribution in [0.5, 0.6) is 0 Å². The molecule has 0 radical (unpaired) electrons. The number of benzene rings is 1. The lowest BCUT2D eigenvalue weighted by molar-refractivity contribution is 0.182. The molecule has 0 spiro atoms. The number of likely N-dealkylation sites (N-methyl/N-ethyl adjacent to an activating group) is 1. The first-order valence-corrected chi connectivity index (χ1v) is 7.06. The number of nitrogens with two attached hydrogens (primary N) is 1. The van der Waals surface area contributed by atoms with Crippen LogP contribution in [0.25, 0.3) is 0 Å². The van der Waals surface area contributed by atoms with Crippen molar-refractivity contribution in [3.05, 3.63) is 30.3 Å². The highest BCUT2D eigenvalue weighted by molar-refractivity contribution is 5.48. The van der Waals surface area contributed by atoms with Gasteiger partial charge in [-0.2, -0.15) is 0 Å². The molecule has 1 fully saturated rings. The van der Waals surface area contributed by atoms with Crippen LogP contribution in [0.1, 0.15) is 33.1 Å². The van der Waals surface area contributed by atoms with Crippen LogP contribution in [-0.4, -0.2) is 19.1 Å². The topological polar surface area (TPSA) is 29.3 Å². The third kappa shape index (κ3) is 2.54. The second-order valence-corrected chi connectivity index (χ2v) is 6.18. The molecular formula is C16H26N2. The summed E-state index contributed by atoms with van der Waals surface area (Å²) in [6, 6.07) is 10.6. The highest BCUT2D eigenvalue weighted by atomic mass is 15.2. The summed E-state index contributed by atoms with van der Waals surface area (Å²) in [6.07, 6.45) is 3.75. The van der Waals surface area contributed by atoms with E-state index in [4.69, 9.17) is 5.73 Å². The van der Waals surface area contributed by atoms with Crippen LogP contribution in [0.2, 0.25) is 0 Å². The molecule has 18 heavy (non-hydrogen) atoms. The Morgan fingerprint density at radius 3 is 2.22 bits per heavy atom. The highest BCUT2D eigenvalue weighted by Crippen LogP contribution is 2.40. The molecule has 1 aliphatic carbocycles. The van der Waals surface area contributed by atoms with E-state index in [0.29, 0.717) is 0 Å². The Hall–Kier alpha value is -1.02. The van der Waals surface area contributed by atoms with E-state index in [1.807, 2.05) is 0 Å². The molecule has 1 aliphatic rings. The molecule has 2 rings (SSSR count). The van der Waals surface area contributed by atoms with Crippen molar-refractivity contribution in [1.29, 1.82) is 0 Å². The molecule has 2 heteroatoms. The van der Waals surface area contributed by atoms with Crippen LogP contribution in [-0.2, 0) is 0 Å². The van der Waals surface area contributed by atoms with Gasteiger partial charge in [-0.3, -0.25) is 0 Å². The minimum absolute atomic E-state index is 0.137. The molecule has 100 valence electrons. The second kappa shape index (κ2) is 5.31. The molecule has 0 aliphatic heterocycles. The average Bonchev–Trinajstić information content (AvgIpc) is 2.37. The Labute approximate surface area is 111 Å². The molecule has 1 aromatic rings. The number of anilines is 1. The monoisotopic (exact) mass is 246 g/mol. The molecule has 2 N–H and O–H groups in total. The minimum Gasteiger partial charge on any atom is -0.368 e. The Morgan fingerprint density at radius 1 is 1.17 bits per heavy atom. The minimum atomic E-state index is 0.137. The normalized spacial score (nSPS) is 32.2. The zero-order chi connectivity index (χ0) is 13.2. The first-order valence-electron chi connectivity index (χ1n) is 7.06. The quantitative estimate of drug-likeness (QED) is 0.887. The van der Waals surface area contributed by atoms with Crippen LogP contribution in [0.4, 0.5) is 5.69 Å². The van der Waals surface area contributed by atoms with Crippen LogP contribution in [0.3, 0.4) is 0 Å². The molecule has 2 unspecified atom stereocenters. The fourth-order valence-corrected chi connectivity index (χ4v) is 3.74. The number of para-hydroxylation sites is 1. The Kier molecular flexibility index (Phi) is 3.96. The standard InChI is InChI=1S/C16H26N2/c1-13-9-14(2)11-16(10-13,12-17)18(3)15-7-5-4-6-8-15/h4-8,13-14H,9-12,17H2,1-3H3. The molecule has 2 atom stereocenters. The molecule has 0 heterocycles. The Balaban J connectivity index is 2.26. The van der Waals surface area contributed by atoms with Crippen LogP contribution < -0.4 is 10.6 Å². The number of hydrogen-bond acceptors (Lipinski definition) is 2. The third-order valence-electron chi connectivity index (χ3n) is 4.50. The van der Waals surface area contributed by atoms with Crippen molar-refractivity contribution in [3.8, 4) is 0 Å². The van der Waals surface area contributed by atoms with Gasteiger partial charge in [-0.25, -0.2) is 0 Å². The molecule has 0 saturated heterocycles. The summed E-state index contributed by atoms with van der Waals surface area (Å²) in [5.41, 5.74) is 7.58. The van der Waals surface area contributed by atoms with E-state index in [0.717, 1.165) is 18.4 Å². The van der Waals surface area contributed by atoms with Gasteiger partial charge in [-0.05, 0) is 43.2 Å². The molecule has 0 amide bonds. The predicted molar refractivity (Wildman–Crippen MR) is 78.8 cm³/mol. The van der Waals surface area contributed by atoms with E-state index in [-0.39, 0.29) is 5.54 Å². The van der Waals surface area contributed by atoms with Gasteiger partial charge < -0.3 is 10.6 Å². The maximum atomic E-state index is 6.16. The summed E-state index contributed by atoms with van der Waals surface area (Å²) >= 11 is 0. The van der Waals surface area contributed by atoms with E-state index in [1.54, 1.807) is 0 Å². The van der Waals surface area contributed by atoms with E-state index in [1.165, 1.54) is 24.9 Å². The maximum absolute atomic E-state index is 6.16. The molecule has 0 aromatic heterocycles. The lowest BCUT2D eigenvalue weighted by atomic mass is 9.70. The highest BCUT2D eigenvalue weighted by Gasteiger charge is 2.40.